The van der Waals surface area contributed by atoms with Crippen molar-refractivity contribution in [2.45, 2.75) is 26.2 Å². The molecule has 2 aromatic carbocycles. The van der Waals surface area contributed by atoms with Crippen LogP contribution in [0.15, 0.2) is 41.4 Å². The number of aliphatic imine (C=N–C) groups is 1. The SMILES string of the molecule is CN=C(NCCCc1ccc(OC)c(OC)c1)NCCc1cc(C)ccc1OC.I. The number of halogens is 1. The van der Waals surface area contributed by atoms with Crippen molar-refractivity contribution >= 4 is 29.9 Å². The smallest absolute Gasteiger partial charge is 0.190 e. The Morgan fingerprint density at radius 1 is 0.833 bits per heavy atom. The first-order valence-electron chi connectivity index (χ1n) is 9.90. The summed E-state index contributed by atoms with van der Waals surface area (Å²) in [5, 5.41) is 6.74. The highest BCUT2D eigenvalue weighted by Crippen LogP contribution is 2.27. The summed E-state index contributed by atoms with van der Waals surface area (Å²) in [6.07, 6.45) is 2.81. The van der Waals surface area contributed by atoms with E-state index in [1.165, 1.54) is 16.7 Å². The van der Waals surface area contributed by atoms with Crippen LogP contribution >= 0.6 is 24.0 Å². The topological polar surface area (TPSA) is 64.1 Å². The van der Waals surface area contributed by atoms with Gasteiger partial charge in [-0.15, -0.1) is 24.0 Å². The van der Waals surface area contributed by atoms with Crippen LogP contribution in [0, 0.1) is 6.92 Å². The molecule has 166 valence electrons. The summed E-state index contributed by atoms with van der Waals surface area (Å²) in [6.45, 7) is 3.71. The minimum atomic E-state index is 0. The van der Waals surface area contributed by atoms with Gasteiger partial charge in [-0.25, -0.2) is 0 Å². The predicted octanol–water partition coefficient (Wildman–Crippen LogP) is 3.98. The van der Waals surface area contributed by atoms with Gasteiger partial charge >= 0.3 is 0 Å². The molecule has 0 unspecified atom stereocenters. The van der Waals surface area contributed by atoms with E-state index in [2.05, 4.69) is 40.7 Å². The number of guanidine groups is 1. The fourth-order valence-corrected chi connectivity index (χ4v) is 3.17. The maximum absolute atomic E-state index is 5.45. The Morgan fingerprint density at radius 2 is 1.50 bits per heavy atom. The number of hydrogen-bond donors (Lipinski definition) is 2. The Bertz CT molecular complexity index is 812. The van der Waals surface area contributed by atoms with Crippen LogP contribution in [-0.4, -0.2) is 47.4 Å². The summed E-state index contributed by atoms with van der Waals surface area (Å²) in [5.41, 5.74) is 3.65. The van der Waals surface area contributed by atoms with E-state index < -0.39 is 0 Å². The normalized spacial score (nSPS) is 10.8. The first-order chi connectivity index (χ1) is 14.1. The van der Waals surface area contributed by atoms with Gasteiger partial charge in [-0.1, -0.05) is 23.8 Å². The quantitative estimate of drug-likeness (QED) is 0.212. The van der Waals surface area contributed by atoms with Crippen molar-refractivity contribution in [3.63, 3.8) is 0 Å². The summed E-state index contributed by atoms with van der Waals surface area (Å²) >= 11 is 0. The molecule has 0 aliphatic heterocycles. The number of rotatable bonds is 10. The number of ether oxygens (including phenoxy) is 3. The Balaban J connectivity index is 0.00000450. The maximum atomic E-state index is 5.45. The van der Waals surface area contributed by atoms with Crippen LogP contribution in [0.1, 0.15) is 23.1 Å². The van der Waals surface area contributed by atoms with Crippen LogP contribution in [0.2, 0.25) is 0 Å². The van der Waals surface area contributed by atoms with Gasteiger partial charge in [0.25, 0.3) is 0 Å². The van der Waals surface area contributed by atoms with Crippen molar-refractivity contribution in [3.05, 3.63) is 53.1 Å². The zero-order valence-corrected chi connectivity index (χ0v) is 20.9. The second-order valence-corrected chi connectivity index (χ2v) is 6.78. The number of nitrogens with zero attached hydrogens (tertiary/aromatic N) is 1. The van der Waals surface area contributed by atoms with E-state index in [1.54, 1.807) is 28.4 Å². The zero-order valence-electron chi connectivity index (χ0n) is 18.6. The van der Waals surface area contributed by atoms with E-state index in [-0.39, 0.29) is 24.0 Å². The highest BCUT2D eigenvalue weighted by Gasteiger charge is 2.06. The molecule has 0 spiro atoms. The van der Waals surface area contributed by atoms with Crippen molar-refractivity contribution in [2.75, 3.05) is 41.5 Å². The fourth-order valence-electron chi connectivity index (χ4n) is 3.17. The van der Waals surface area contributed by atoms with E-state index in [4.69, 9.17) is 14.2 Å². The molecule has 0 radical (unpaired) electrons. The van der Waals surface area contributed by atoms with Gasteiger partial charge < -0.3 is 24.8 Å². The molecule has 0 aliphatic carbocycles. The maximum Gasteiger partial charge on any atom is 0.190 e. The molecule has 2 aromatic rings. The van der Waals surface area contributed by atoms with E-state index in [1.807, 2.05) is 18.2 Å². The van der Waals surface area contributed by atoms with Crippen LogP contribution in [0.5, 0.6) is 17.2 Å². The summed E-state index contributed by atoms with van der Waals surface area (Å²) in [4.78, 5) is 4.30. The van der Waals surface area contributed by atoms with Crippen LogP contribution in [0.25, 0.3) is 0 Å². The van der Waals surface area contributed by atoms with Crippen molar-refractivity contribution in [1.29, 1.82) is 0 Å². The average molecular weight is 527 g/mol. The molecule has 30 heavy (non-hydrogen) atoms. The molecule has 0 fully saturated rings. The van der Waals surface area contributed by atoms with Crippen LogP contribution in [0.3, 0.4) is 0 Å². The number of benzene rings is 2. The molecule has 7 heteroatoms. The van der Waals surface area contributed by atoms with E-state index in [0.29, 0.717) is 0 Å². The molecule has 0 saturated carbocycles. The molecule has 0 aromatic heterocycles. The third kappa shape index (κ3) is 7.93. The number of aryl methyl sites for hydroxylation is 2. The lowest BCUT2D eigenvalue weighted by Gasteiger charge is -2.14. The van der Waals surface area contributed by atoms with E-state index in [9.17, 15) is 0 Å². The Hall–Kier alpha value is -2.16. The van der Waals surface area contributed by atoms with Crippen LogP contribution in [-0.2, 0) is 12.8 Å². The van der Waals surface area contributed by atoms with Crippen molar-refractivity contribution in [3.8, 4) is 17.2 Å². The van der Waals surface area contributed by atoms with Gasteiger partial charge in [0.15, 0.2) is 17.5 Å². The molecule has 0 aliphatic rings. The molecule has 2 N–H and O–H groups in total. The van der Waals surface area contributed by atoms with Crippen molar-refractivity contribution in [1.82, 2.24) is 10.6 Å². The van der Waals surface area contributed by atoms with Gasteiger partial charge in [0.2, 0.25) is 0 Å². The van der Waals surface area contributed by atoms with Gasteiger partial charge in [-0.3, -0.25) is 4.99 Å². The summed E-state index contributed by atoms with van der Waals surface area (Å²) in [7, 11) is 6.80. The van der Waals surface area contributed by atoms with Crippen molar-refractivity contribution in [2.24, 2.45) is 4.99 Å². The van der Waals surface area contributed by atoms with Crippen molar-refractivity contribution < 1.29 is 14.2 Å². The monoisotopic (exact) mass is 527 g/mol. The lowest BCUT2D eigenvalue weighted by molar-refractivity contribution is 0.354. The summed E-state index contributed by atoms with van der Waals surface area (Å²) in [5.74, 6) is 3.26. The van der Waals surface area contributed by atoms with E-state index in [0.717, 1.165) is 55.6 Å². The Labute approximate surface area is 197 Å². The van der Waals surface area contributed by atoms with Crippen LogP contribution in [0.4, 0.5) is 0 Å². The third-order valence-corrected chi connectivity index (χ3v) is 4.73. The predicted molar refractivity (Wildman–Crippen MR) is 134 cm³/mol. The van der Waals surface area contributed by atoms with Gasteiger partial charge in [0.05, 0.1) is 21.3 Å². The minimum absolute atomic E-state index is 0. The largest absolute Gasteiger partial charge is 0.496 e. The molecule has 0 heterocycles. The highest BCUT2D eigenvalue weighted by atomic mass is 127. The Kier molecular flexibility index (Phi) is 12.0. The lowest BCUT2D eigenvalue weighted by atomic mass is 10.1. The highest BCUT2D eigenvalue weighted by molar-refractivity contribution is 14.0. The number of hydrogen-bond acceptors (Lipinski definition) is 4. The fraction of sp³-hybridized carbons (Fsp3) is 0.435. The summed E-state index contributed by atoms with van der Waals surface area (Å²) in [6, 6.07) is 12.3. The minimum Gasteiger partial charge on any atom is -0.496 e. The number of nitrogens with one attached hydrogen (secondary N) is 2. The van der Waals surface area contributed by atoms with Gasteiger partial charge in [0, 0.05) is 20.1 Å². The molecule has 0 amide bonds. The van der Waals surface area contributed by atoms with Crippen LogP contribution < -0.4 is 24.8 Å². The van der Waals surface area contributed by atoms with Gasteiger partial charge in [-0.05, 0) is 55.5 Å². The number of methoxy groups -OCH3 is 3. The molecule has 0 saturated heterocycles. The molecular weight excluding hydrogens is 493 g/mol. The molecule has 6 nitrogen and oxygen atoms in total. The van der Waals surface area contributed by atoms with Gasteiger partial charge in [-0.2, -0.15) is 0 Å². The summed E-state index contributed by atoms with van der Waals surface area (Å²) < 4.78 is 16.1. The molecule has 0 atom stereocenters. The molecule has 2 rings (SSSR count). The molecule has 0 bridgehead atoms. The standard InChI is InChI=1S/C23H33N3O3.HI/c1-17-8-10-20(27-3)19(15-17)12-14-26-23(24-2)25-13-6-7-18-9-11-21(28-4)22(16-18)29-5;/h8-11,15-16H,6-7,12-14H2,1-5H3,(H2,24,25,26);1H. The first kappa shape index (κ1) is 25.9. The lowest BCUT2D eigenvalue weighted by Crippen LogP contribution is -2.38. The van der Waals surface area contributed by atoms with Gasteiger partial charge in [0.1, 0.15) is 5.75 Å². The Morgan fingerprint density at radius 3 is 2.17 bits per heavy atom. The zero-order chi connectivity index (χ0) is 21.1. The van der Waals surface area contributed by atoms with E-state index >= 15 is 0 Å². The second-order valence-electron chi connectivity index (χ2n) is 6.78. The third-order valence-electron chi connectivity index (χ3n) is 4.73. The average Bonchev–Trinajstić information content (AvgIpc) is 2.75. The molecular formula is C23H34IN3O3. The second kappa shape index (κ2) is 14.0. The first-order valence-corrected chi connectivity index (χ1v) is 9.90.